The van der Waals surface area contributed by atoms with Crippen molar-refractivity contribution in [3.8, 4) is 23.3 Å². The lowest BCUT2D eigenvalue weighted by Gasteiger charge is -2.28. The molecule has 1 aliphatic rings. The maximum Gasteiger partial charge on any atom is 0.258 e. The van der Waals surface area contributed by atoms with Gasteiger partial charge in [0.2, 0.25) is 5.88 Å². The highest BCUT2D eigenvalue weighted by Gasteiger charge is 2.36. The second-order valence-electron chi connectivity index (χ2n) is 7.79. The maximum absolute atomic E-state index is 13.8. The van der Waals surface area contributed by atoms with Gasteiger partial charge in [0, 0.05) is 29.9 Å². The number of rotatable bonds is 6. The van der Waals surface area contributed by atoms with Gasteiger partial charge in [0.05, 0.1) is 25.7 Å². The molecule has 1 unspecified atom stereocenters. The van der Waals surface area contributed by atoms with Crippen LogP contribution in [-0.4, -0.2) is 18.8 Å². The molecule has 168 valence electrons. The van der Waals surface area contributed by atoms with Crippen LogP contribution in [0.1, 0.15) is 28.3 Å². The van der Waals surface area contributed by atoms with Crippen LogP contribution < -0.4 is 25.5 Å². The second-order valence-corrected chi connectivity index (χ2v) is 7.79. The molecular weight excluding hydrogens is 418 g/mol. The number of methoxy groups -OCH3 is 2. The largest absolute Gasteiger partial charge is 0.497 e. The number of hydrogen-bond donors (Lipinski definition) is 1. The summed E-state index contributed by atoms with van der Waals surface area (Å²) in [5, 5.41) is 9.91. The van der Waals surface area contributed by atoms with Gasteiger partial charge in [-0.1, -0.05) is 36.4 Å². The van der Waals surface area contributed by atoms with Crippen LogP contribution in [-0.2, 0) is 13.0 Å². The Morgan fingerprint density at radius 3 is 2.55 bits per heavy atom. The summed E-state index contributed by atoms with van der Waals surface area (Å²) < 4.78 is 18.3. The van der Waals surface area contributed by atoms with Gasteiger partial charge in [0.25, 0.3) is 5.56 Å². The van der Waals surface area contributed by atoms with Gasteiger partial charge in [-0.25, -0.2) is 0 Å². The van der Waals surface area contributed by atoms with E-state index >= 15 is 0 Å². The number of aromatic nitrogens is 1. The summed E-state index contributed by atoms with van der Waals surface area (Å²) in [6.45, 7) is 2.36. The topological polar surface area (TPSA) is 99.5 Å². The van der Waals surface area contributed by atoms with Gasteiger partial charge in [-0.15, -0.1) is 0 Å². The monoisotopic (exact) mass is 443 g/mol. The zero-order valence-corrected chi connectivity index (χ0v) is 18.8. The molecule has 33 heavy (non-hydrogen) atoms. The van der Waals surface area contributed by atoms with Gasteiger partial charge in [-0.3, -0.25) is 4.79 Å². The Morgan fingerprint density at radius 1 is 1.12 bits per heavy atom. The van der Waals surface area contributed by atoms with Crippen LogP contribution in [0.5, 0.6) is 17.2 Å². The van der Waals surface area contributed by atoms with Crippen molar-refractivity contribution in [2.45, 2.75) is 25.8 Å². The van der Waals surface area contributed by atoms with Crippen molar-refractivity contribution in [3.63, 3.8) is 0 Å². The van der Waals surface area contributed by atoms with Crippen LogP contribution in [0.4, 0.5) is 0 Å². The first-order chi connectivity index (χ1) is 16.0. The Bertz CT molecular complexity index is 1320. The third-order valence-electron chi connectivity index (χ3n) is 5.91. The molecule has 7 heteroatoms. The molecule has 0 saturated carbocycles. The van der Waals surface area contributed by atoms with Crippen LogP contribution in [0.25, 0.3) is 0 Å². The van der Waals surface area contributed by atoms with E-state index in [0.717, 1.165) is 11.3 Å². The highest BCUT2D eigenvalue weighted by Crippen LogP contribution is 2.44. The van der Waals surface area contributed by atoms with Crippen LogP contribution in [0.2, 0.25) is 0 Å². The highest BCUT2D eigenvalue weighted by atomic mass is 16.5. The standard InChI is InChI=1S/C26H25N3O4/c1-16-13-22-24(26(30)29(16)12-11-17-7-5-4-6-8-17)23(20(15-27)25(28)33-22)19-10-9-18(31-2)14-21(19)32-3/h4-10,13-14,23H,11-12,28H2,1-3H3. The Kier molecular flexibility index (Phi) is 6.09. The van der Waals surface area contributed by atoms with E-state index in [1.165, 1.54) is 7.11 Å². The Morgan fingerprint density at radius 2 is 1.88 bits per heavy atom. The minimum atomic E-state index is -0.726. The van der Waals surface area contributed by atoms with Crippen LogP contribution >= 0.6 is 0 Å². The highest BCUT2D eigenvalue weighted by molar-refractivity contribution is 5.59. The number of ether oxygens (including phenoxy) is 3. The lowest BCUT2D eigenvalue weighted by atomic mass is 9.83. The third kappa shape index (κ3) is 4.03. The fourth-order valence-electron chi connectivity index (χ4n) is 4.22. The van der Waals surface area contributed by atoms with E-state index in [9.17, 15) is 10.1 Å². The van der Waals surface area contributed by atoms with E-state index in [1.807, 2.05) is 37.3 Å². The lowest BCUT2D eigenvalue weighted by Crippen LogP contribution is -2.33. The fourth-order valence-corrected chi connectivity index (χ4v) is 4.22. The molecule has 0 radical (unpaired) electrons. The van der Waals surface area contributed by atoms with Crippen LogP contribution in [0.15, 0.2) is 70.8 Å². The summed E-state index contributed by atoms with van der Waals surface area (Å²) in [6, 6.07) is 19.2. The predicted molar refractivity (Wildman–Crippen MR) is 124 cm³/mol. The molecule has 0 amide bonds. The first-order valence-electron chi connectivity index (χ1n) is 10.6. The van der Waals surface area contributed by atoms with Crippen molar-refractivity contribution in [3.05, 3.63) is 98.8 Å². The second kappa shape index (κ2) is 9.13. The van der Waals surface area contributed by atoms with Crippen LogP contribution in [0.3, 0.4) is 0 Å². The minimum absolute atomic E-state index is 0.0197. The fraction of sp³-hybridized carbons (Fsp3) is 0.231. The molecule has 7 nitrogen and oxygen atoms in total. The summed E-state index contributed by atoms with van der Waals surface area (Å²) >= 11 is 0. The average molecular weight is 444 g/mol. The molecule has 3 aromatic rings. The van der Waals surface area contributed by atoms with E-state index in [1.54, 1.807) is 35.9 Å². The predicted octanol–water partition coefficient (Wildman–Crippen LogP) is 3.63. The number of benzene rings is 2. The number of aryl methyl sites for hydroxylation is 2. The van der Waals surface area contributed by atoms with Crippen LogP contribution in [0, 0.1) is 18.3 Å². The smallest absolute Gasteiger partial charge is 0.258 e. The molecule has 2 aromatic carbocycles. The summed E-state index contributed by atoms with van der Waals surface area (Å²) in [6.07, 6.45) is 0.695. The van der Waals surface area contributed by atoms with Gasteiger partial charge in [0.15, 0.2) is 0 Å². The maximum atomic E-state index is 13.8. The van der Waals surface area contributed by atoms with Gasteiger partial charge in [-0.2, -0.15) is 5.26 Å². The molecule has 0 bridgehead atoms. The van der Waals surface area contributed by atoms with Crippen molar-refractivity contribution in [1.82, 2.24) is 4.57 Å². The SMILES string of the molecule is COc1ccc(C2C(C#N)=C(N)Oc3cc(C)n(CCc4ccccc4)c(=O)c32)c(OC)c1. The number of fused-ring (bicyclic) bond motifs is 1. The Hall–Kier alpha value is -4.18. The summed E-state index contributed by atoms with van der Waals surface area (Å²) in [7, 11) is 3.09. The molecule has 2 heterocycles. The van der Waals surface area contributed by atoms with E-state index in [0.29, 0.717) is 41.3 Å². The van der Waals surface area contributed by atoms with Gasteiger partial charge in [0.1, 0.15) is 28.9 Å². The van der Waals surface area contributed by atoms with E-state index in [2.05, 4.69) is 6.07 Å². The van der Waals surface area contributed by atoms with Crippen molar-refractivity contribution in [2.75, 3.05) is 14.2 Å². The quantitative estimate of drug-likeness (QED) is 0.625. The summed E-state index contributed by atoms with van der Waals surface area (Å²) in [5.74, 6) is 0.698. The number of nitriles is 1. The molecule has 1 aliphatic heterocycles. The first kappa shape index (κ1) is 22.0. The normalized spacial score (nSPS) is 14.8. The molecule has 0 spiro atoms. The molecule has 2 N–H and O–H groups in total. The van der Waals surface area contributed by atoms with Crippen molar-refractivity contribution >= 4 is 0 Å². The van der Waals surface area contributed by atoms with Crippen molar-refractivity contribution in [1.29, 1.82) is 5.26 Å². The number of nitrogens with two attached hydrogens (primary N) is 1. The van der Waals surface area contributed by atoms with Crippen molar-refractivity contribution < 1.29 is 14.2 Å². The number of hydrogen-bond acceptors (Lipinski definition) is 6. The number of nitrogens with zero attached hydrogens (tertiary/aromatic N) is 2. The Labute approximate surface area is 192 Å². The van der Waals surface area contributed by atoms with Crippen molar-refractivity contribution in [2.24, 2.45) is 5.73 Å². The molecule has 0 saturated heterocycles. The van der Waals surface area contributed by atoms with E-state index < -0.39 is 5.92 Å². The number of pyridine rings is 1. The summed E-state index contributed by atoms with van der Waals surface area (Å²) in [5.41, 5.74) is 8.95. The van der Waals surface area contributed by atoms with E-state index in [-0.39, 0.29) is 17.0 Å². The zero-order valence-electron chi connectivity index (χ0n) is 18.8. The van der Waals surface area contributed by atoms with Gasteiger partial charge in [-0.05, 0) is 25.0 Å². The molecule has 1 aromatic heterocycles. The summed E-state index contributed by atoms with van der Waals surface area (Å²) in [4.78, 5) is 13.8. The van der Waals surface area contributed by atoms with E-state index in [4.69, 9.17) is 19.9 Å². The minimum Gasteiger partial charge on any atom is -0.497 e. The molecule has 4 rings (SSSR count). The number of allylic oxidation sites excluding steroid dienone is 1. The van der Waals surface area contributed by atoms with Gasteiger partial charge >= 0.3 is 0 Å². The molecule has 0 fully saturated rings. The lowest BCUT2D eigenvalue weighted by molar-refractivity contribution is 0.378. The first-order valence-corrected chi connectivity index (χ1v) is 10.6. The molecule has 1 atom stereocenters. The average Bonchev–Trinajstić information content (AvgIpc) is 2.83. The van der Waals surface area contributed by atoms with Gasteiger partial charge < -0.3 is 24.5 Å². The Balaban J connectivity index is 1.87. The molecular formula is C26H25N3O4. The third-order valence-corrected chi connectivity index (χ3v) is 5.91. The zero-order chi connectivity index (χ0) is 23.5. The molecule has 0 aliphatic carbocycles.